The van der Waals surface area contributed by atoms with Gasteiger partial charge in [-0.25, -0.2) is 13.6 Å². The fourth-order valence-corrected chi connectivity index (χ4v) is 1.87. The third kappa shape index (κ3) is 4.26. The zero-order valence-electron chi connectivity index (χ0n) is 12.2. The monoisotopic (exact) mass is 320 g/mol. The van der Waals surface area contributed by atoms with Crippen LogP contribution in [0, 0.1) is 11.6 Å². The molecule has 0 aliphatic carbocycles. The summed E-state index contributed by atoms with van der Waals surface area (Å²) in [6.45, 7) is -0.618. The molecule has 2 aromatic carbocycles. The van der Waals surface area contributed by atoms with Crippen molar-refractivity contribution in [1.29, 1.82) is 0 Å². The number of carbonyl (C=O) groups is 2. The molecule has 2 N–H and O–H groups in total. The Morgan fingerprint density at radius 3 is 2.57 bits per heavy atom. The Kier molecular flexibility index (Phi) is 5.24. The number of carbonyl (C=O) groups excluding carboxylic acids is 2. The first-order chi connectivity index (χ1) is 11.0. The van der Waals surface area contributed by atoms with Gasteiger partial charge in [-0.05, 0) is 24.3 Å². The van der Waals surface area contributed by atoms with Crippen molar-refractivity contribution < 1.29 is 23.1 Å². The molecule has 0 aliphatic rings. The predicted molar refractivity (Wildman–Crippen MR) is 81.3 cm³/mol. The third-order valence-corrected chi connectivity index (χ3v) is 2.95. The van der Waals surface area contributed by atoms with Gasteiger partial charge in [0.25, 0.3) is 5.91 Å². The molecule has 7 heteroatoms. The van der Waals surface area contributed by atoms with Crippen LogP contribution in [0.2, 0.25) is 0 Å². The maximum atomic E-state index is 13.4. The van der Waals surface area contributed by atoms with E-state index in [0.717, 1.165) is 18.2 Å². The zero-order chi connectivity index (χ0) is 16.8. The fourth-order valence-electron chi connectivity index (χ4n) is 1.87. The third-order valence-electron chi connectivity index (χ3n) is 2.95. The van der Waals surface area contributed by atoms with Gasteiger partial charge in [-0.15, -0.1) is 0 Å². The predicted octanol–water partition coefficient (Wildman–Crippen LogP) is 2.80. The van der Waals surface area contributed by atoms with E-state index in [4.69, 9.17) is 4.74 Å². The topological polar surface area (TPSA) is 67.4 Å². The lowest BCUT2D eigenvalue weighted by Crippen LogP contribution is -2.22. The van der Waals surface area contributed by atoms with E-state index in [1.807, 2.05) is 0 Å². The molecule has 0 bridgehead atoms. The number of hydrogen-bond donors (Lipinski definition) is 2. The highest BCUT2D eigenvalue weighted by Gasteiger charge is 2.14. The summed E-state index contributed by atoms with van der Waals surface area (Å²) in [4.78, 5) is 23.6. The number of ether oxygens (including phenoxy) is 1. The number of anilines is 2. The minimum atomic E-state index is -0.786. The normalized spacial score (nSPS) is 10.0. The molecule has 2 aromatic rings. The minimum absolute atomic E-state index is 0.264. The number of rotatable bonds is 5. The molecule has 5 nitrogen and oxygen atoms in total. The van der Waals surface area contributed by atoms with Crippen molar-refractivity contribution in [3.05, 3.63) is 59.7 Å². The van der Waals surface area contributed by atoms with Crippen molar-refractivity contribution >= 4 is 23.3 Å². The average Bonchev–Trinajstić information content (AvgIpc) is 2.56. The highest BCUT2D eigenvalue weighted by molar-refractivity contribution is 5.98. The smallest absolute Gasteiger partial charge is 0.340 e. The Hall–Kier alpha value is -2.96. The molecule has 0 heterocycles. The van der Waals surface area contributed by atoms with Gasteiger partial charge in [0, 0.05) is 18.8 Å². The lowest BCUT2D eigenvalue weighted by atomic mass is 10.2. The summed E-state index contributed by atoms with van der Waals surface area (Å²) >= 11 is 0. The maximum Gasteiger partial charge on any atom is 0.340 e. The number of esters is 1. The molecule has 0 aliphatic heterocycles. The molecule has 0 saturated carbocycles. The van der Waals surface area contributed by atoms with E-state index in [1.165, 1.54) is 6.07 Å². The molecule has 1 amide bonds. The number of nitrogens with one attached hydrogen (secondary N) is 2. The van der Waals surface area contributed by atoms with Gasteiger partial charge in [0.1, 0.15) is 11.6 Å². The maximum absolute atomic E-state index is 13.4. The number of halogens is 2. The first-order valence-corrected chi connectivity index (χ1v) is 6.70. The molecule has 0 radical (unpaired) electrons. The Labute approximate surface area is 131 Å². The van der Waals surface area contributed by atoms with Crippen LogP contribution in [0.3, 0.4) is 0 Å². The summed E-state index contributed by atoms with van der Waals surface area (Å²) in [5, 5.41) is 4.96. The highest BCUT2D eigenvalue weighted by atomic mass is 19.1. The average molecular weight is 320 g/mol. The van der Waals surface area contributed by atoms with E-state index < -0.39 is 30.1 Å². The molecule has 0 spiro atoms. The molecule has 23 heavy (non-hydrogen) atoms. The summed E-state index contributed by atoms with van der Waals surface area (Å²) in [5.74, 6) is -2.96. The second-order valence-electron chi connectivity index (χ2n) is 4.54. The van der Waals surface area contributed by atoms with Gasteiger partial charge >= 0.3 is 5.97 Å². The van der Waals surface area contributed by atoms with Crippen molar-refractivity contribution in [2.24, 2.45) is 0 Å². The van der Waals surface area contributed by atoms with Crippen LogP contribution in [0.4, 0.5) is 20.2 Å². The van der Waals surface area contributed by atoms with Crippen molar-refractivity contribution in [2.45, 2.75) is 0 Å². The van der Waals surface area contributed by atoms with Crippen LogP contribution < -0.4 is 10.6 Å². The minimum Gasteiger partial charge on any atom is -0.452 e. The van der Waals surface area contributed by atoms with E-state index in [9.17, 15) is 18.4 Å². The molecule has 0 saturated heterocycles. The Bertz CT molecular complexity index is 735. The summed E-state index contributed by atoms with van der Waals surface area (Å²) < 4.78 is 31.3. The SMILES string of the molecule is CNc1ccccc1C(=O)OCC(=O)Nc1cc(F)ccc1F. The summed E-state index contributed by atoms with van der Waals surface area (Å²) in [5.41, 5.74) is 0.496. The van der Waals surface area contributed by atoms with E-state index in [-0.39, 0.29) is 11.3 Å². The molecule has 2 rings (SSSR count). The van der Waals surface area contributed by atoms with Gasteiger partial charge in [-0.1, -0.05) is 12.1 Å². The second kappa shape index (κ2) is 7.35. The lowest BCUT2D eigenvalue weighted by molar-refractivity contribution is -0.119. The second-order valence-corrected chi connectivity index (χ2v) is 4.54. The first-order valence-electron chi connectivity index (χ1n) is 6.70. The summed E-state index contributed by atoms with van der Waals surface area (Å²) in [6, 6.07) is 9.27. The molecule has 0 unspecified atom stereocenters. The molecule has 0 atom stereocenters. The largest absolute Gasteiger partial charge is 0.452 e. The standard InChI is InChI=1S/C16H14F2N2O3/c1-19-13-5-3-2-4-11(13)16(22)23-9-15(21)20-14-8-10(17)6-7-12(14)18/h2-8,19H,9H2,1H3,(H,20,21). The first kappa shape index (κ1) is 16.4. The molecular weight excluding hydrogens is 306 g/mol. The molecular formula is C16H14F2N2O3. The number of hydrogen-bond acceptors (Lipinski definition) is 4. The van der Waals surface area contributed by atoms with E-state index in [1.54, 1.807) is 25.2 Å². The van der Waals surface area contributed by atoms with Gasteiger partial charge in [-0.2, -0.15) is 0 Å². The zero-order valence-corrected chi connectivity index (χ0v) is 12.2. The Morgan fingerprint density at radius 2 is 1.83 bits per heavy atom. The van der Waals surface area contributed by atoms with Crippen molar-refractivity contribution in [3.63, 3.8) is 0 Å². The van der Waals surface area contributed by atoms with Gasteiger partial charge in [0.15, 0.2) is 6.61 Å². The summed E-state index contributed by atoms with van der Waals surface area (Å²) in [6.07, 6.45) is 0. The van der Waals surface area contributed by atoms with Crippen LogP contribution in [-0.4, -0.2) is 25.5 Å². The Morgan fingerprint density at radius 1 is 1.09 bits per heavy atom. The van der Waals surface area contributed by atoms with E-state index in [0.29, 0.717) is 5.69 Å². The fraction of sp³-hybridized carbons (Fsp3) is 0.125. The molecule has 0 aromatic heterocycles. The summed E-state index contributed by atoms with van der Waals surface area (Å²) in [7, 11) is 1.64. The van der Waals surface area contributed by atoms with Crippen LogP contribution in [0.5, 0.6) is 0 Å². The van der Waals surface area contributed by atoms with Crippen LogP contribution in [-0.2, 0) is 9.53 Å². The van der Waals surface area contributed by atoms with E-state index in [2.05, 4.69) is 10.6 Å². The number of benzene rings is 2. The van der Waals surface area contributed by atoms with Crippen LogP contribution in [0.1, 0.15) is 10.4 Å². The van der Waals surface area contributed by atoms with Crippen LogP contribution >= 0.6 is 0 Å². The lowest BCUT2D eigenvalue weighted by Gasteiger charge is -2.10. The van der Waals surface area contributed by atoms with Gasteiger partial charge in [0.2, 0.25) is 0 Å². The number of para-hydroxylation sites is 1. The van der Waals surface area contributed by atoms with Crippen molar-refractivity contribution in [3.8, 4) is 0 Å². The van der Waals surface area contributed by atoms with Gasteiger partial charge < -0.3 is 15.4 Å². The molecule has 0 fully saturated rings. The highest BCUT2D eigenvalue weighted by Crippen LogP contribution is 2.16. The van der Waals surface area contributed by atoms with Crippen LogP contribution in [0.15, 0.2) is 42.5 Å². The van der Waals surface area contributed by atoms with Gasteiger partial charge in [-0.3, -0.25) is 4.79 Å². The number of amides is 1. The quantitative estimate of drug-likeness (QED) is 0.831. The van der Waals surface area contributed by atoms with Crippen molar-refractivity contribution in [1.82, 2.24) is 0 Å². The van der Waals surface area contributed by atoms with E-state index >= 15 is 0 Å². The van der Waals surface area contributed by atoms with Gasteiger partial charge in [0.05, 0.1) is 11.3 Å². The van der Waals surface area contributed by atoms with Crippen molar-refractivity contribution in [2.75, 3.05) is 24.3 Å². The Balaban J connectivity index is 1.96. The molecule has 120 valence electrons. The van der Waals surface area contributed by atoms with Crippen LogP contribution in [0.25, 0.3) is 0 Å².